The normalized spacial score (nSPS) is 18.6. The average Bonchev–Trinajstić information content (AvgIpc) is 3.68. The second-order valence-electron chi connectivity index (χ2n) is 10.4. The van der Waals surface area contributed by atoms with Crippen LogP contribution >= 0.6 is 15.9 Å². The summed E-state index contributed by atoms with van der Waals surface area (Å²) in [7, 11) is -3.21. The van der Waals surface area contributed by atoms with Crippen LogP contribution in [0, 0.1) is 13.8 Å². The van der Waals surface area contributed by atoms with Crippen molar-refractivity contribution in [2.24, 2.45) is 0 Å². The number of H-pyrrole nitrogens is 1. The first-order valence-electron chi connectivity index (χ1n) is 13.7. The second-order valence-corrected chi connectivity index (χ2v) is 13.5. The topological polar surface area (TPSA) is 108 Å². The van der Waals surface area contributed by atoms with Crippen LogP contribution in [0.15, 0.2) is 41.0 Å². The van der Waals surface area contributed by atoms with Crippen molar-refractivity contribution in [1.29, 1.82) is 0 Å². The van der Waals surface area contributed by atoms with Crippen molar-refractivity contribution in [3.05, 3.63) is 52.4 Å². The Morgan fingerprint density at radius 1 is 1.15 bits per heavy atom. The van der Waals surface area contributed by atoms with E-state index in [-0.39, 0.29) is 11.8 Å². The van der Waals surface area contributed by atoms with E-state index in [0.29, 0.717) is 18.7 Å². The maximum atomic E-state index is 12.4. The molecule has 4 aromatic rings. The summed E-state index contributed by atoms with van der Waals surface area (Å²) in [5.74, 6) is 0.857. The van der Waals surface area contributed by atoms with E-state index in [4.69, 9.17) is 9.72 Å². The molecule has 0 spiro atoms. The van der Waals surface area contributed by atoms with Crippen molar-refractivity contribution in [3.63, 3.8) is 0 Å². The predicted octanol–water partition coefficient (Wildman–Crippen LogP) is 4.47. The lowest BCUT2D eigenvalue weighted by molar-refractivity contribution is 0.122. The van der Waals surface area contributed by atoms with E-state index >= 15 is 0 Å². The molecule has 2 aliphatic rings. The highest BCUT2D eigenvalue weighted by Gasteiger charge is 2.31. The number of pyridine rings is 1. The molecule has 1 aromatic carbocycles. The first kappa shape index (κ1) is 27.3. The fourth-order valence-corrected chi connectivity index (χ4v) is 7.29. The van der Waals surface area contributed by atoms with E-state index in [1.165, 1.54) is 5.69 Å². The van der Waals surface area contributed by atoms with Gasteiger partial charge in [0.05, 0.1) is 29.1 Å². The van der Waals surface area contributed by atoms with Crippen LogP contribution in [0.4, 0.5) is 11.4 Å². The summed E-state index contributed by atoms with van der Waals surface area (Å²) in [6.07, 6.45) is 2.49. The molecule has 2 fully saturated rings. The van der Waals surface area contributed by atoms with Gasteiger partial charge in [-0.25, -0.2) is 18.4 Å². The molecule has 0 saturated carbocycles. The Bertz CT molecular complexity index is 1660. The third-order valence-electron chi connectivity index (χ3n) is 7.88. The minimum Gasteiger partial charge on any atom is -0.378 e. The highest BCUT2D eigenvalue weighted by Crippen LogP contribution is 2.35. The summed E-state index contributed by atoms with van der Waals surface area (Å²) in [6, 6.07) is 10.8. The van der Waals surface area contributed by atoms with Crippen LogP contribution in [0.3, 0.4) is 0 Å². The quantitative estimate of drug-likeness (QED) is 0.311. The van der Waals surface area contributed by atoms with Gasteiger partial charge in [-0.3, -0.25) is 0 Å². The number of aryl methyl sites for hydroxylation is 1. The molecule has 6 rings (SSSR count). The van der Waals surface area contributed by atoms with Crippen LogP contribution in [0.25, 0.3) is 28.2 Å². The lowest BCUT2D eigenvalue weighted by atomic mass is 10.2. The van der Waals surface area contributed by atoms with Gasteiger partial charge >= 0.3 is 0 Å². The summed E-state index contributed by atoms with van der Waals surface area (Å²) in [4.78, 5) is 15.3. The Morgan fingerprint density at radius 3 is 2.70 bits per heavy atom. The van der Waals surface area contributed by atoms with Crippen molar-refractivity contribution in [1.82, 2.24) is 23.8 Å². The molecule has 12 heteroatoms. The lowest BCUT2D eigenvalue weighted by Gasteiger charge is -2.29. The van der Waals surface area contributed by atoms with E-state index in [2.05, 4.69) is 84.9 Å². The molecule has 40 heavy (non-hydrogen) atoms. The number of anilines is 2. The minimum atomic E-state index is -3.21. The zero-order valence-electron chi connectivity index (χ0n) is 22.9. The van der Waals surface area contributed by atoms with Crippen LogP contribution < -0.4 is 10.2 Å². The Balaban J connectivity index is 1.31. The standard InChI is InChI=1S/C28H34BrN7O3S/c1-4-40(37,38)35-9-8-20(17-35)31-25-24(29)16-30-28-26(25)32-27(33-28)23-14-18(2)36(19(23)3)22-7-5-6-21(15-22)34-10-12-39-13-11-34/h5-7,14-16,20H,4,8-13,17H2,1-3H3,(H2,30,31,32,33)/t20-/m0/s1. The van der Waals surface area contributed by atoms with Gasteiger partial charge in [-0.1, -0.05) is 6.07 Å². The number of benzene rings is 1. The van der Waals surface area contributed by atoms with Gasteiger partial charge < -0.3 is 24.5 Å². The van der Waals surface area contributed by atoms with E-state index in [0.717, 1.165) is 76.9 Å². The van der Waals surface area contributed by atoms with Crippen LogP contribution in [0.2, 0.25) is 0 Å². The molecule has 0 unspecified atom stereocenters. The van der Waals surface area contributed by atoms with Gasteiger partial charge in [-0.05, 0) is 67.4 Å². The van der Waals surface area contributed by atoms with Crippen molar-refractivity contribution in [2.45, 2.75) is 33.2 Å². The average molecular weight is 629 g/mol. The number of nitrogens with zero attached hydrogens (tertiary/aromatic N) is 5. The molecular weight excluding hydrogens is 594 g/mol. The highest BCUT2D eigenvalue weighted by molar-refractivity contribution is 9.10. The zero-order chi connectivity index (χ0) is 28.0. The van der Waals surface area contributed by atoms with Crippen molar-refractivity contribution >= 4 is 48.5 Å². The number of aromatic nitrogens is 4. The summed E-state index contributed by atoms with van der Waals surface area (Å²) >= 11 is 3.63. The molecule has 2 N–H and O–H groups in total. The highest BCUT2D eigenvalue weighted by atomic mass is 79.9. The van der Waals surface area contributed by atoms with Crippen molar-refractivity contribution in [3.8, 4) is 17.1 Å². The Morgan fingerprint density at radius 2 is 1.93 bits per heavy atom. The fraction of sp³-hybridized carbons (Fsp3) is 0.429. The molecule has 10 nitrogen and oxygen atoms in total. The molecule has 0 aliphatic carbocycles. The van der Waals surface area contributed by atoms with Crippen molar-refractivity contribution in [2.75, 3.05) is 55.4 Å². The maximum absolute atomic E-state index is 12.4. The number of nitrogens with one attached hydrogen (secondary N) is 2. The maximum Gasteiger partial charge on any atom is 0.213 e. The number of hydrogen-bond acceptors (Lipinski definition) is 7. The molecular formula is C28H34BrN7O3S. The van der Waals surface area contributed by atoms with Gasteiger partial charge in [-0.2, -0.15) is 4.31 Å². The third-order valence-corrected chi connectivity index (χ3v) is 10.3. The summed E-state index contributed by atoms with van der Waals surface area (Å²) in [5, 5.41) is 3.54. The monoisotopic (exact) mass is 627 g/mol. The number of halogens is 1. The largest absolute Gasteiger partial charge is 0.378 e. The first-order chi connectivity index (χ1) is 19.2. The SMILES string of the molecule is CCS(=O)(=O)N1CC[C@H](Nc2c(Br)cnc3[nH]c(-c4cc(C)n(-c5cccc(N6CCOCC6)c5)c4C)nc23)C1. The molecule has 3 aromatic heterocycles. The van der Waals surface area contributed by atoms with E-state index in [1.807, 2.05) is 0 Å². The molecule has 0 amide bonds. The van der Waals surface area contributed by atoms with Crippen LogP contribution in [-0.2, 0) is 14.8 Å². The molecule has 0 bridgehead atoms. The van der Waals surface area contributed by atoms with Crippen LogP contribution in [0.5, 0.6) is 0 Å². The van der Waals surface area contributed by atoms with Crippen LogP contribution in [0.1, 0.15) is 24.7 Å². The smallest absolute Gasteiger partial charge is 0.213 e. The van der Waals surface area contributed by atoms with Gasteiger partial charge in [0, 0.05) is 66.7 Å². The summed E-state index contributed by atoms with van der Waals surface area (Å²) in [5.41, 5.74) is 7.73. The molecule has 2 aliphatic heterocycles. The van der Waals surface area contributed by atoms with Gasteiger partial charge in [0.2, 0.25) is 10.0 Å². The third kappa shape index (κ3) is 5.02. The number of sulfonamides is 1. The number of hydrogen-bond donors (Lipinski definition) is 2. The molecule has 5 heterocycles. The van der Waals surface area contributed by atoms with E-state index in [9.17, 15) is 8.42 Å². The van der Waals surface area contributed by atoms with Gasteiger partial charge in [0.1, 0.15) is 11.3 Å². The molecule has 1 atom stereocenters. The molecule has 0 radical (unpaired) electrons. The number of ether oxygens (including phenoxy) is 1. The zero-order valence-corrected chi connectivity index (χ0v) is 25.3. The van der Waals surface area contributed by atoms with Gasteiger partial charge in [0.15, 0.2) is 5.65 Å². The fourth-order valence-electron chi connectivity index (χ4n) is 5.73. The number of aromatic amines is 1. The summed E-state index contributed by atoms with van der Waals surface area (Å²) in [6.45, 7) is 10.1. The number of imidazole rings is 1. The predicted molar refractivity (Wildman–Crippen MR) is 162 cm³/mol. The van der Waals surface area contributed by atoms with Gasteiger partial charge in [-0.15, -0.1) is 0 Å². The van der Waals surface area contributed by atoms with E-state index < -0.39 is 10.0 Å². The molecule has 2 saturated heterocycles. The second kappa shape index (κ2) is 10.8. The Labute approximate surface area is 242 Å². The number of morpholine rings is 1. The Kier molecular flexibility index (Phi) is 7.36. The number of rotatable bonds is 7. The Hall–Kier alpha value is -2.93. The molecule has 212 valence electrons. The van der Waals surface area contributed by atoms with Crippen LogP contribution in [-0.4, -0.2) is 83.4 Å². The van der Waals surface area contributed by atoms with Gasteiger partial charge in [0.25, 0.3) is 0 Å². The lowest BCUT2D eigenvalue weighted by Crippen LogP contribution is -2.36. The van der Waals surface area contributed by atoms with E-state index in [1.54, 1.807) is 17.4 Å². The van der Waals surface area contributed by atoms with Crippen molar-refractivity contribution < 1.29 is 13.2 Å². The summed E-state index contributed by atoms with van der Waals surface area (Å²) < 4.78 is 34.9. The number of fused-ring (bicyclic) bond motifs is 1. The minimum absolute atomic E-state index is 0.00724. The first-order valence-corrected chi connectivity index (χ1v) is 16.1.